The fourth-order valence-electron chi connectivity index (χ4n) is 1.42. The summed E-state index contributed by atoms with van der Waals surface area (Å²) in [5.74, 6) is -0.657. The monoisotopic (exact) mass is 317 g/mol. The zero-order valence-electron chi connectivity index (χ0n) is 9.67. The minimum Gasteiger partial charge on any atom is -0.481 e. The van der Waals surface area contributed by atoms with Crippen molar-refractivity contribution in [1.82, 2.24) is 4.98 Å². The molecule has 98 valence electrons. The van der Waals surface area contributed by atoms with Crippen LogP contribution in [-0.2, 0) is 4.79 Å². The van der Waals surface area contributed by atoms with Crippen LogP contribution >= 0.6 is 15.9 Å². The van der Waals surface area contributed by atoms with E-state index in [9.17, 15) is 14.9 Å². The molecule has 0 bridgehead atoms. The van der Waals surface area contributed by atoms with Crippen LogP contribution in [0.4, 0.5) is 11.5 Å². The van der Waals surface area contributed by atoms with Crippen molar-refractivity contribution >= 4 is 33.4 Å². The summed E-state index contributed by atoms with van der Waals surface area (Å²) in [5, 5.41) is 19.4. The molecule has 0 radical (unpaired) electrons. The molecule has 0 atom stereocenters. The number of aromatic nitrogens is 1. The normalized spacial score (nSPS) is 10.1. The number of carboxylic acids is 1. The summed E-state index contributed by atoms with van der Waals surface area (Å²) in [6.45, 7) is 0.391. The maximum absolute atomic E-state index is 10.9. The lowest BCUT2D eigenvalue weighted by atomic mass is 10.3. The number of anilines is 1. The molecule has 18 heavy (non-hydrogen) atoms. The van der Waals surface area contributed by atoms with Gasteiger partial charge in [-0.2, -0.15) is 0 Å². The number of carboxylic acid groups (broad SMARTS) is 1. The van der Waals surface area contributed by atoms with Gasteiger partial charge in [0.2, 0.25) is 5.82 Å². The molecule has 0 aliphatic rings. The summed E-state index contributed by atoms with van der Waals surface area (Å²) < 4.78 is 0.525. The Balaban J connectivity index is 2.81. The van der Waals surface area contributed by atoms with Gasteiger partial charge in [-0.15, -0.1) is 0 Å². The summed E-state index contributed by atoms with van der Waals surface area (Å²) in [4.78, 5) is 26.3. The van der Waals surface area contributed by atoms with E-state index in [0.717, 1.165) is 0 Å². The number of nitrogens with zero attached hydrogens (tertiary/aromatic N) is 3. The molecule has 0 spiro atoms. The van der Waals surface area contributed by atoms with Crippen molar-refractivity contribution in [3.63, 3.8) is 0 Å². The molecule has 0 amide bonds. The summed E-state index contributed by atoms with van der Waals surface area (Å²) in [7, 11) is 1.64. The largest absolute Gasteiger partial charge is 0.481 e. The van der Waals surface area contributed by atoms with Gasteiger partial charge in [0.1, 0.15) is 0 Å². The average molecular weight is 318 g/mol. The number of aliphatic carboxylic acids is 1. The molecular formula is C10H12BrN3O4. The molecule has 0 fully saturated rings. The van der Waals surface area contributed by atoms with Gasteiger partial charge in [0.05, 0.1) is 4.92 Å². The van der Waals surface area contributed by atoms with E-state index in [4.69, 9.17) is 5.11 Å². The van der Waals surface area contributed by atoms with Gasteiger partial charge in [0.15, 0.2) is 0 Å². The smallest absolute Gasteiger partial charge is 0.312 e. The van der Waals surface area contributed by atoms with Crippen LogP contribution in [0.2, 0.25) is 0 Å². The molecule has 0 aliphatic heterocycles. The van der Waals surface area contributed by atoms with E-state index in [1.807, 2.05) is 0 Å². The van der Waals surface area contributed by atoms with Crippen LogP contribution < -0.4 is 4.90 Å². The minimum absolute atomic E-state index is 0.0225. The second-order valence-corrected chi connectivity index (χ2v) is 4.59. The summed E-state index contributed by atoms with van der Waals surface area (Å²) in [6, 6.07) is 1.37. The number of hydrogen-bond acceptors (Lipinski definition) is 5. The summed E-state index contributed by atoms with van der Waals surface area (Å²) >= 11 is 3.12. The SMILES string of the molecule is CN(CCCC(=O)O)c1ncc(Br)cc1[N+](=O)[O-]. The fraction of sp³-hybridized carbons (Fsp3) is 0.400. The summed E-state index contributed by atoms with van der Waals surface area (Å²) in [5.41, 5.74) is -0.109. The lowest BCUT2D eigenvalue weighted by Crippen LogP contribution is -2.21. The van der Waals surface area contributed by atoms with Crippen molar-refractivity contribution in [2.75, 3.05) is 18.5 Å². The molecule has 0 aliphatic carbocycles. The second kappa shape index (κ2) is 6.29. The molecule has 0 aromatic carbocycles. The van der Waals surface area contributed by atoms with Crippen LogP contribution in [0.25, 0.3) is 0 Å². The topological polar surface area (TPSA) is 96.6 Å². The van der Waals surface area contributed by atoms with Crippen LogP contribution in [0.5, 0.6) is 0 Å². The third-order valence-electron chi connectivity index (χ3n) is 2.26. The lowest BCUT2D eigenvalue weighted by Gasteiger charge is -2.17. The highest BCUT2D eigenvalue weighted by molar-refractivity contribution is 9.10. The molecule has 8 heteroatoms. The first-order chi connectivity index (χ1) is 8.41. The van der Waals surface area contributed by atoms with Crippen molar-refractivity contribution in [2.24, 2.45) is 0 Å². The zero-order chi connectivity index (χ0) is 13.7. The Hall–Kier alpha value is -1.70. The number of nitro groups is 1. The second-order valence-electron chi connectivity index (χ2n) is 3.67. The number of carbonyl (C=O) groups is 1. The first kappa shape index (κ1) is 14.4. The van der Waals surface area contributed by atoms with Crippen molar-refractivity contribution in [1.29, 1.82) is 0 Å². The van der Waals surface area contributed by atoms with E-state index in [-0.39, 0.29) is 17.9 Å². The van der Waals surface area contributed by atoms with E-state index in [2.05, 4.69) is 20.9 Å². The Morgan fingerprint density at radius 2 is 2.33 bits per heavy atom. The first-order valence-corrected chi connectivity index (χ1v) is 5.94. The van der Waals surface area contributed by atoms with Crippen LogP contribution in [0.1, 0.15) is 12.8 Å². The van der Waals surface area contributed by atoms with Gasteiger partial charge >= 0.3 is 11.7 Å². The quantitative estimate of drug-likeness (QED) is 0.637. The zero-order valence-corrected chi connectivity index (χ0v) is 11.3. The van der Waals surface area contributed by atoms with Gasteiger partial charge < -0.3 is 10.0 Å². The lowest BCUT2D eigenvalue weighted by molar-refractivity contribution is -0.384. The predicted molar refractivity (Wildman–Crippen MR) is 68.7 cm³/mol. The third-order valence-corrected chi connectivity index (χ3v) is 2.69. The highest BCUT2D eigenvalue weighted by Gasteiger charge is 2.19. The Morgan fingerprint density at radius 3 is 2.89 bits per heavy atom. The number of rotatable bonds is 6. The maximum atomic E-state index is 10.9. The van der Waals surface area contributed by atoms with Crippen molar-refractivity contribution in [3.8, 4) is 0 Å². The predicted octanol–water partition coefficient (Wildman–Crippen LogP) is 2.05. The van der Waals surface area contributed by atoms with Crippen molar-refractivity contribution < 1.29 is 14.8 Å². The van der Waals surface area contributed by atoms with Crippen molar-refractivity contribution in [2.45, 2.75) is 12.8 Å². The molecule has 1 aromatic heterocycles. The van der Waals surface area contributed by atoms with Crippen LogP contribution in [0.3, 0.4) is 0 Å². The van der Waals surface area contributed by atoms with Crippen LogP contribution in [0, 0.1) is 10.1 Å². The average Bonchev–Trinajstić information content (AvgIpc) is 2.28. The van der Waals surface area contributed by atoms with Crippen LogP contribution in [-0.4, -0.2) is 34.6 Å². The van der Waals surface area contributed by atoms with Gasteiger partial charge in [-0.3, -0.25) is 14.9 Å². The number of pyridine rings is 1. The molecule has 0 saturated carbocycles. The van der Waals surface area contributed by atoms with Gasteiger partial charge in [-0.25, -0.2) is 4.98 Å². The molecule has 1 aromatic rings. The van der Waals surface area contributed by atoms with Crippen LogP contribution in [0.15, 0.2) is 16.7 Å². The van der Waals surface area contributed by atoms with E-state index >= 15 is 0 Å². The standard InChI is InChI=1S/C10H12BrN3O4/c1-13(4-2-3-9(15)16)10-8(14(17)18)5-7(11)6-12-10/h5-6H,2-4H2,1H3,(H,15,16). The Labute approximate surface area is 112 Å². The molecule has 0 saturated heterocycles. The number of hydrogen-bond donors (Lipinski definition) is 1. The summed E-state index contributed by atoms with van der Waals surface area (Å²) in [6.07, 6.45) is 1.89. The molecule has 7 nitrogen and oxygen atoms in total. The van der Waals surface area contributed by atoms with Gasteiger partial charge in [0.25, 0.3) is 0 Å². The maximum Gasteiger partial charge on any atom is 0.312 e. The highest BCUT2D eigenvalue weighted by Crippen LogP contribution is 2.27. The van der Waals surface area contributed by atoms with Gasteiger partial charge in [-0.05, 0) is 22.4 Å². The van der Waals surface area contributed by atoms with Gasteiger partial charge in [0, 0.05) is 36.7 Å². The molecular weight excluding hydrogens is 306 g/mol. The van der Waals surface area contributed by atoms with E-state index in [0.29, 0.717) is 17.4 Å². The molecule has 1 rings (SSSR count). The highest BCUT2D eigenvalue weighted by atomic mass is 79.9. The molecule has 1 heterocycles. The Morgan fingerprint density at radius 1 is 1.67 bits per heavy atom. The number of halogens is 1. The Bertz CT molecular complexity index is 466. The van der Waals surface area contributed by atoms with Crippen molar-refractivity contribution in [3.05, 3.63) is 26.9 Å². The molecule has 1 N–H and O–H groups in total. The Kier molecular flexibility index (Phi) is 5.02. The van der Waals surface area contributed by atoms with E-state index < -0.39 is 10.9 Å². The van der Waals surface area contributed by atoms with E-state index in [1.54, 1.807) is 11.9 Å². The fourth-order valence-corrected chi connectivity index (χ4v) is 1.74. The first-order valence-electron chi connectivity index (χ1n) is 5.14. The molecule has 0 unspecified atom stereocenters. The minimum atomic E-state index is -0.887. The third kappa shape index (κ3) is 3.95. The van der Waals surface area contributed by atoms with E-state index in [1.165, 1.54) is 12.3 Å². The van der Waals surface area contributed by atoms with Gasteiger partial charge in [-0.1, -0.05) is 0 Å².